The van der Waals surface area contributed by atoms with Crippen LogP contribution in [0.4, 0.5) is 5.69 Å². The summed E-state index contributed by atoms with van der Waals surface area (Å²) >= 11 is 0. The van der Waals surface area contributed by atoms with Crippen LogP contribution < -0.4 is 10.6 Å². The zero-order valence-electron chi connectivity index (χ0n) is 11.5. The summed E-state index contributed by atoms with van der Waals surface area (Å²) in [5.74, 6) is 0. The van der Waals surface area contributed by atoms with Gasteiger partial charge in [0.1, 0.15) is 0 Å². The summed E-state index contributed by atoms with van der Waals surface area (Å²) in [5.41, 5.74) is 9.62. The Balaban J connectivity index is 2.12. The molecule has 2 rings (SSSR count). The third-order valence-corrected chi connectivity index (χ3v) is 3.63. The molecule has 0 radical (unpaired) electrons. The summed E-state index contributed by atoms with van der Waals surface area (Å²) in [6, 6.07) is 6.70. The molecule has 0 bridgehead atoms. The molecule has 0 saturated carbocycles. The lowest BCUT2D eigenvalue weighted by Crippen LogP contribution is -2.42. The highest BCUT2D eigenvalue weighted by atomic mass is 16.5. The van der Waals surface area contributed by atoms with Crippen molar-refractivity contribution in [1.29, 1.82) is 0 Å². The maximum atomic E-state index is 5.72. The van der Waals surface area contributed by atoms with Crippen molar-refractivity contribution in [2.75, 3.05) is 31.1 Å². The molecular formula is C15H24N2O. The first kappa shape index (κ1) is 13.4. The van der Waals surface area contributed by atoms with E-state index in [9.17, 15) is 0 Å². The molecule has 1 atom stereocenters. The molecule has 0 aromatic heterocycles. The highest BCUT2D eigenvalue weighted by molar-refractivity contribution is 5.55. The minimum Gasteiger partial charge on any atom is -0.375 e. The molecule has 0 aliphatic carbocycles. The number of benzene rings is 1. The number of nitrogens with zero attached hydrogens (tertiary/aromatic N) is 1. The normalized spacial score (nSPS) is 20.2. The molecule has 1 heterocycles. The van der Waals surface area contributed by atoms with Crippen molar-refractivity contribution in [2.45, 2.75) is 32.8 Å². The SMILES string of the molecule is CCC1CN(c2ccc(CCN)cc2C)CCO1. The van der Waals surface area contributed by atoms with Crippen LogP contribution in [-0.4, -0.2) is 32.3 Å². The fourth-order valence-electron chi connectivity index (χ4n) is 2.58. The summed E-state index contributed by atoms with van der Waals surface area (Å²) in [4.78, 5) is 2.44. The lowest BCUT2D eigenvalue weighted by molar-refractivity contribution is 0.0384. The van der Waals surface area contributed by atoms with Crippen molar-refractivity contribution in [2.24, 2.45) is 5.73 Å². The van der Waals surface area contributed by atoms with E-state index in [0.29, 0.717) is 12.6 Å². The topological polar surface area (TPSA) is 38.5 Å². The maximum absolute atomic E-state index is 5.72. The smallest absolute Gasteiger partial charge is 0.0748 e. The Morgan fingerprint density at radius 2 is 2.28 bits per heavy atom. The second kappa shape index (κ2) is 6.21. The lowest BCUT2D eigenvalue weighted by atomic mass is 10.1. The van der Waals surface area contributed by atoms with E-state index in [-0.39, 0.29) is 0 Å². The van der Waals surface area contributed by atoms with Gasteiger partial charge in [-0.15, -0.1) is 0 Å². The minimum atomic E-state index is 0.377. The summed E-state index contributed by atoms with van der Waals surface area (Å²) < 4.78 is 5.72. The van der Waals surface area contributed by atoms with Gasteiger partial charge in [0.2, 0.25) is 0 Å². The largest absolute Gasteiger partial charge is 0.375 e. The van der Waals surface area contributed by atoms with Crippen LogP contribution in [0, 0.1) is 6.92 Å². The Labute approximate surface area is 110 Å². The number of hydrogen-bond donors (Lipinski definition) is 1. The van der Waals surface area contributed by atoms with Gasteiger partial charge in [0, 0.05) is 18.8 Å². The van der Waals surface area contributed by atoms with E-state index in [1.54, 1.807) is 0 Å². The second-order valence-corrected chi connectivity index (χ2v) is 5.01. The third-order valence-electron chi connectivity index (χ3n) is 3.63. The van der Waals surface area contributed by atoms with Crippen LogP contribution in [0.3, 0.4) is 0 Å². The number of aryl methyl sites for hydroxylation is 1. The number of hydrogen-bond acceptors (Lipinski definition) is 3. The molecule has 3 nitrogen and oxygen atoms in total. The zero-order valence-corrected chi connectivity index (χ0v) is 11.5. The first-order chi connectivity index (χ1) is 8.74. The zero-order chi connectivity index (χ0) is 13.0. The van der Waals surface area contributed by atoms with Crippen LogP contribution in [0.2, 0.25) is 0 Å². The molecule has 0 spiro atoms. The van der Waals surface area contributed by atoms with Gasteiger partial charge in [-0.1, -0.05) is 19.1 Å². The van der Waals surface area contributed by atoms with E-state index in [1.165, 1.54) is 16.8 Å². The number of ether oxygens (including phenoxy) is 1. The summed E-state index contributed by atoms with van der Waals surface area (Å²) in [7, 11) is 0. The molecule has 1 unspecified atom stereocenters. The van der Waals surface area contributed by atoms with Gasteiger partial charge < -0.3 is 15.4 Å². The Hall–Kier alpha value is -1.06. The molecule has 2 N–H and O–H groups in total. The van der Waals surface area contributed by atoms with Crippen LogP contribution in [0.15, 0.2) is 18.2 Å². The highest BCUT2D eigenvalue weighted by Crippen LogP contribution is 2.24. The Morgan fingerprint density at radius 1 is 1.44 bits per heavy atom. The van der Waals surface area contributed by atoms with Gasteiger partial charge in [-0.2, -0.15) is 0 Å². The van der Waals surface area contributed by atoms with E-state index >= 15 is 0 Å². The van der Waals surface area contributed by atoms with Gasteiger partial charge >= 0.3 is 0 Å². The van der Waals surface area contributed by atoms with Crippen LogP contribution >= 0.6 is 0 Å². The van der Waals surface area contributed by atoms with E-state index < -0.39 is 0 Å². The van der Waals surface area contributed by atoms with E-state index in [4.69, 9.17) is 10.5 Å². The van der Waals surface area contributed by atoms with Crippen LogP contribution in [-0.2, 0) is 11.2 Å². The molecular weight excluding hydrogens is 224 g/mol. The molecule has 1 fully saturated rings. The van der Waals surface area contributed by atoms with Crippen molar-refractivity contribution in [1.82, 2.24) is 0 Å². The van der Waals surface area contributed by atoms with Gasteiger partial charge in [0.15, 0.2) is 0 Å². The molecule has 1 aromatic carbocycles. The van der Waals surface area contributed by atoms with Crippen molar-refractivity contribution in [3.8, 4) is 0 Å². The number of anilines is 1. The third kappa shape index (κ3) is 3.03. The molecule has 18 heavy (non-hydrogen) atoms. The Kier molecular flexibility index (Phi) is 4.61. The van der Waals surface area contributed by atoms with Crippen molar-refractivity contribution < 1.29 is 4.74 Å². The predicted molar refractivity (Wildman–Crippen MR) is 76.2 cm³/mol. The fourth-order valence-corrected chi connectivity index (χ4v) is 2.58. The van der Waals surface area contributed by atoms with Crippen molar-refractivity contribution in [3.05, 3.63) is 29.3 Å². The van der Waals surface area contributed by atoms with E-state index in [2.05, 4.69) is 36.9 Å². The van der Waals surface area contributed by atoms with E-state index in [0.717, 1.165) is 32.5 Å². The second-order valence-electron chi connectivity index (χ2n) is 5.01. The molecule has 1 aliphatic heterocycles. The molecule has 1 aliphatic rings. The molecule has 1 saturated heterocycles. The van der Waals surface area contributed by atoms with E-state index in [1.807, 2.05) is 0 Å². The van der Waals surface area contributed by atoms with Gasteiger partial charge in [0.25, 0.3) is 0 Å². The maximum Gasteiger partial charge on any atom is 0.0748 e. The fraction of sp³-hybridized carbons (Fsp3) is 0.600. The lowest BCUT2D eigenvalue weighted by Gasteiger charge is -2.35. The Bertz CT molecular complexity index is 392. The highest BCUT2D eigenvalue weighted by Gasteiger charge is 2.20. The Morgan fingerprint density at radius 3 is 2.94 bits per heavy atom. The molecule has 3 heteroatoms. The standard InChI is InChI=1S/C15H24N2O/c1-3-14-11-17(8-9-18-14)15-5-4-13(6-7-16)10-12(15)2/h4-5,10,14H,3,6-9,11,16H2,1-2H3. The minimum absolute atomic E-state index is 0.377. The average molecular weight is 248 g/mol. The molecule has 1 aromatic rings. The van der Waals surface area contributed by atoms with Crippen LogP contribution in [0.1, 0.15) is 24.5 Å². The predicted octanol–water partition coefficient (Wildman–Crippen LogP) is 2.11. The van der Waals surface area contributed by atoms with Crippen molar-refractivity contribution >= 4 is 5.69 Å². The van der Waals surface area contributed by atoms with Gasteiger partial charge in [-0.05, 0) is 43.5 Å². The first-order valence-corrected chi connectivity index (χ1v) is 6.90. The van der Waals surface area contributed by atoms with Crippen LogP contribution in [0.25, 0.3) is 0 Å². The quantitative estimate of drug-likeness (QED) is 0.887. The van der Waals surface area contributed by atoms with Crippen LogP contribution in [0.5, 0.6) is 0 Å². The molecule has 0 amide bonds. The summed E-state index contributed by atoms with van der Waals surface area (Å²) in [5, 5.41) is 0. The number of nitrogens with two attached hydrogens (primary N) is 1. The number of rotatable bonds is 4. The van der Waals surface area contributed by atoms with Gasteiger partial charge in [-0.25, -0.2) is 0 Å². The average Bonchev–Trinajstić information content (AvgIpc) is 2.39. The summed E-state index contributed by atoms with van der Waals surface area (Å²) in [6.45, 7) is 7.93. The number of morpholine rings is 1. The summed E-state index contributed by atoms with van der Waals surface area (Å²) in [6.07, 6.45) is 2.42. The molecule has 100 valence electrons. The first-order valence-electron chi connectivity index (χ1n) is 6.90. The van der Waals surface area contributed by atoms with Gasteiger partial charge in [-0.3, -0.25) is 0 Å². The van der Waals surface area contributed by atoms with Gasteiger partial charge in [0.05, 0.1) is 12.7 Å². The van der Waals surface area contributed by atoms with Crippen molar-refractivity contribution in [3.63, 3.8) is 0 Å². The monoisotopic (exact) mass is 248 g/mol.